The highest BCUT2D eigenvalue weighted by Gasteiger charge is 2.15. The van der Waals surface area contributed by atoms with Crippen molar-refractivity contribution in [2.75, 3.05) is 6.54 Å². The van der Waals surface area contributed by atoms with E-state index in [1.807, 2.05) is 0 Å². The molecule has 0 bridgehead atoms. The van der Waals surface area contributed by atoms with E-state index in [0.29, 0.717) is 11.9 Å². The van der Waals surface area contributed by atoms with E-state index < -0.39 is 11.7 Å². The second-order valence-electron chi connectivity index (χ2n) is 3.83. The van der Waals surface area contributed by atoms with Gasteiger partial charge >= 0.3 is 6.09 Å². The SMILES string of the molecule is [B]C/C(=C/F)CNC(=O)OC(C)(C)C. The largest absolute Gasteiger partial charge is 0.444 e. The molecule has 5 heteroatoms. The molecule has 0 rings (SSSR count). The van der Waals surface area contributed by atoms with Crippen LogP contribution in [0.5, 0.6) is 0 Å². The molecule has 3 nitrogen and oxygen atoms in total. The molecule has 0 aliphatic carbocycles. The number of halogens is 1. The summed E-state index contributed by atoms with van der Waals surface area (Å²) in [4.78, 5) is 11.1. The first-order valence-electron chi connectivity index (χ1n) is 4.34. The maximum Gasteiger partial charge on any atom is 0.407 e. The van der Waals surface area contributed by atoms with Crippen LogP contribution in [0.25, 0.3) is 0 Å². The smallest absolute Gasteiger partial charge is 0.407 e. The van der Waals surface area contributed by atoms with Crippen LogP contribution < -0.4 is 5.32 Å². The first kappa shape index (κ1) is 13.0. The predicted octanol–water partition coefficient (Wildman–Crippen LogP) is 1.95. The number of carbonyl (C=O) groups excluding carboxylic acids is 1. The van der Waals surface area contributed by atoms with Gasteiger partial charge in [-0.3, -0.25) is 0 Å². The van der Waals surface area contributed by atoms with Crippen LogP contribution in [-0.4, -0.2) is 26.1 Å². The molecule has 0 unspecified atom stereocenters. The monoisotopic (exact) mass is 199 g/mol. The van der Waals surface area contributed by atoms with Crippen molar-refractivity contribution in [1.82, 2.24) is 5.32 Å². The fourth-order valence-corrected chi connectivity index (χ4v) is 0.655. The summed E-state index contributed by atoms with van der Waals surface area (Å²) in [6.07, 6.45) is -0.116. The highest BCUT2D eigenvalue weighted by atomic mass is 19.1. The van der Waals surface area contributed by atoms with Crippen LogP contribution in [0, 0.1) is 0 Å². The van der Waals surface area contributed by atoms with Gasteiger partial charge in [0.1, 0.15) is 5.60 Å². The van der Waals surface area contributed by atoms with E-state index in [-0.39, 0.29) is 12.9 Å². The first-order valence-corrected chi connectivity index (χ1v) is 4.34. The lowest BCUT2D eigenvalue weighted by Gasteiger charge is -2.19. The molecule has 0 aliphatic heterocycles. The van der Waals surface area contributed by atoms with Crippen LogP contribution in [0.2, 0.25) is 6.32 Å². The summed E-state index contributed by atoms with van der Waals surface area (Å²) in [6.45, 7) is 5.33. The first-order chi connectivity index (χ1) is 6.39. The minimum atomic E-state index is -0.578. The van der Waals surface area contributed by atoms with Crippen molar-refractivity contribution in [2.24, 2.45) is 0 Å². The number of ether oxygens (including phenoxy) is 1. The molecule has 0 fully saturated rings. The summed E-state index contributed by atoms with van der Waals surface area (Å²) in [5.41, 5.74) is -0.234. The lowest BCUT2D eigenvalue weighted by molar-refractivity contribution is 0.0532. The van der Waals surface area contributed by atoms with Crippen molar-refractivity contribution in [3.8, 4) is 0 Å². The van der Waals surface area contributed by atoms with Crippen molar-refractivity contribution < 1.29 is 13.9 Å². The Morgan fingerprint density at radius 3 is 2.50 bits per heavy atom. The van der Waals surface area contributed by atoms with Gasteiger partial charge in [-0.15, -0.1) is 0 Å². The topological polar surface area (TPSA) is 38.3 Å². The van der Waals surface area contributed by atoms with Crippen molar-refractivity contribution in [2.45, 2.75) is 32.7 Å². The third-order valence-corrected chi connectivity index (χ3v) is 1.28. The number of carbonyl (C=O) groups is 1. The van der Waals surface area contributed by atoms with Gasteiger partial charge in [-0.05, 0) is 26.3 Å². The van der Waals surface area contributed by atoms with Gasteiger partial charge in [-0.2, -0.15) is 0 Å². The Labute approximate surface area is 85.1 Å². The Morgan fingerprint density at radius 1 is 1.57 bits per heavy atom. The normalized spacial score (nSPS) is 12.4. The quantitative estimate of drug-likeness (QED) is 0.705. The van der Waals surface area contributed by atoms with E-state index in [1.165, 1.54) is 0 Å². The lowest BCUT2D eigenvalue weighted by atomic mass is 9.98. The zero-order valence-corrected chi connectivity index (χ0v) is 8.76. The van der Waals surface area contributed by atoms with Gasteiger partial charge in [-0.25, -0.2) is 9.18 Å². The number of rotatable bonds is 3. The maximum atomic E-state index is 12.0. The van der Waals surface area contributed by atoms with Crippen LogP contribution in [0.1, 0.15) is 20.8 Å². The minimum absolute atomic E-state index is 0.0713. The van der Waals surface area contributed by atoms with E-state index in [4.69, 9.17) is 12.6 Å². The van der Waals surface area contributed by atoms with Crippen molar-refractivity contribution in [3.63, 3.8) is 0 Å². The summed E-state index contributed by atoms with van der Waals surface area (Å²) >= 11 is 0. The van der Waals surface area contributed by atoms with Gasteiger partial charge < -0.3 is 10.1 Å². The molecule has 0 heterocycles. The van der Waals surface area contributed by atoms with Gasteiger partial charge in [0.25, 0.3) is 0 Å². The molecule has 1 amide bonds. The fourth-order valence-electron chi connectivity index (χ4n) is 0.655. The number of nitrogens with one attached hydrogen (secondary N) is 1. The Balaban J connectivity index is 3.86. The summed E-state index contributed by atoms with van der Waals surface area (Å²) in [7, 11) is 5.20. The molecule has 0 aromatic carbocycles. The average Bonchev–Trinajstić information content (AvgIpc) is 2.03. The minimum Gasteiger partial charge on any atom is -0.444 e. The number of alkyl carbamates (subject to hydrolysis) is 1. The van der Waals surface area contributed by atoms with Gasteiger partial charge in [0.15, 0.2) is 0 Å². The highest BCUT2D eigenvalue weighted by Crippen LogP contribution is 2.06. The van der Waals surface area contributed by atoms with E-state index in [0.717, 1.165) is 0 Å². The van der Waals surface area contributed by atoms with Crippen molar-refractivity contribution in [1.29, 1.82) is 0 Å². The van der Waals surface area contributed by atoms with E-state index in [1.54, 1.807) is 20.8 Å². The molecule has 1 N–H and O–H groups in total. The third kappa shape index (κ3) is 6.51. The maximum absolute atomic E-state index is 12.0. The molecule has 0 saturated carbocycles. The highest BCUT2D eigenvalue weighted by molar-refractivity contribution is 6.10. The molecule has 0 saturated heterocycles. The average molecular weight is 199 g/mol. The van der Waals surface area contributed by atoms with Crippen molar-refractivity contribution >= 4 is 13.9 Å². The fraction of sp³-hybridized carbons (Fsp3) is 0.667. The standard InChI is InChI=1S/C9H15BFNO2/c1-9(2,3)14-8(13)12-6-7(4-10)5-11/h5H,4,6H2,1-3H3,(H,12,13)/b7-5-. The van der Waals surface area contributed by atoms with Gasteiger partial charge in [0, 0.05) is 6.54 Å². The zero-order valence-electron chi connectivity index (χ0n) is 8.76. The van der Waals surface area contributed by atoms with Crippen LogP contribution >= 0.6 is 0 Å². The van der Waals surface area contributed by atoms with E-state index in [9.17, 15) is 9.18 Å². The number of amides is 1. The predicted molar refractivity (Wildman–Crippen MR) is 54.0 cm³/mol. The molecule has 78 valence electrons. The summed E-state index contributed by atoms with van der Waals surface area (Å²) in [6, 6.07) is 0. The summed E-state index contributed by atoms with van der Waals surface area (Å²) < 4.78 is 16.9. The van der Waals surface area contributed by atoms with Crippen LogP contribution in [0.3, 0.4) is 0 Å². The molecular formula is C9H15BFNO2. The van der Waals surface area contributed by atoms with Gasteiger partial charge in [-0.1, -0.05) is 6.32 Å². The molecule has 2 radical (unpaired) electrons. The van der Waals surface area contributed by atoms with Gasteiger partial charge in [0.05, 0.1) is 14.2 Å². The van der Waals surface area contributed by atoms with Gasteiger partial charge in [0.2, 0.25) is 0 Å². The molecule has 0 spiro atoms. The summed E-state index contributed by atoms with van der Waals surface area (Å²) in [5, 5.41) is 2.39. The van der Waals surface area contributed by atoms with E-state index >= 15 is 0 Å². The van der Waals surface area contributed by atoms with Crippen LogP contribution in [-0.2, 0) is 4.74 Å². The number of hydrogen-bond acceptors (Lipinski definition) is 2. The Hall–Kier alpha value is -0.995. The second kappa shape index (κ2) is 5.68. The molecule has 0 aromatic rings. The van der Waals surface area contributed by atoms with Crippen LogP contribution in [0.15, 0.2) is 11.9 Å². The molecule has 0 atom stereocenters. The van der Waals surface area contributed by atoms with Crippen LogP contribution in [0.4, 0.5) is 9.18 Å². The second-order valence-corrected chi connectivity index (χ2v) is 3.83. The third-order valence-electron chi connectivity index (χ3n) is 1.28. The Morgan fingerprint density at radius 2 is 2.14 bits per heavy atom. The Bertz CT molecular complexity index is 223. The number of hydrogen-bond donors (Lipinski definition) is 1. The molecule has 0 aromatic heterocycles. The van der Waals surface area contributed by atoms with Crippen molar-refractivity contribution in [3.05, 3.63) is 11.9 Å². The molecule has 0 aliphatic rings. The molecule has 14 heavy (non-hydrogen) atoms. The van der Waals surface area contributed by atoms with E-state index in [2.05, 4.69) is 5.32 Å². The Kier molecular flexibility index (Phi) is 5.27. The molecular weight excluding hydrogens is 184 g/mol. The lowest BCUT2D eigenvalue weighted by Crippen LogP contribution is -2.33. The zero-order chi connectivity index (χ0) is 11.2. The summed E-state index contributed by atoms with van der Waals surface area (Å²) in [5.74, 6) is 0.